The van der Waals surface area contributed by atoms with Crippen LogP contribution in [-0.2, 0) is 69.0 Å². The lowest BCUT2D eigenvalue weighted by Crippen LogP contribution is -2.63. The molecular formula is C73H119N15O16S2. The smallest absolute Gasteiger partial charge is 0.303 e. The molecular weight excluding hydrogens is 1410 g/mol. The lowest BCUT2D eigenvalue weighted by molar-refractivity contribution is -0.139. The van der Waals surface area contributed by atoms with Gasteiger partial charge in [-0.25, -0.2) is 0 Å². The second kappa shape index (κ2) is 42.9. The average molecular weight is 1530 g/mol. The van der Waals surface area contributed by atoms with Gasteiger partial charge in [0.2, 0.25) is 65.0 Å². The zero-order valence-electron chi connectivity index (χ0n) is 62.4. The summed E-state index contributed by atoms with van der Waals surface area (Å²) in [5, 5.41) is 83.5. The quantitative estimate of drug-likeness (QED) is 0.0935. The fourth-order valence-corrected chi connectivity index (χ4v) is 16.9. The fourth-order valence-electron chi connectivity index (χ4n) is 15.0. The van der Waals surface area contributed by atoms with Crippen LogP contribution in [-0.4, -0.2) is 220 Å². The molecule has 4 heterocycles. The van der Waals surface area contributed by atoms with Gasteiger partial charge in [-0.1, -0.05) is 71.7 Å². The summed E-state index contributed by atoms with van der Waals surface area (Å²) in [6.07, 6.45) is 2.38. The van der Waals surface area contributed by atoms with Crippen molar-refractivity contribution in [2.24, 2.45) is 34.8 Å². The van der Waals surface area contributed by atoms with Gasteiger partial charge in [-0.2, -0.15) is 23.5 Å². The first-order valence-corrected chi connectivity index (χ1v) is 40.5. The van der Waals surface area contributed by atoms with E-state index in [0.29, 0.717) is 94.8 Å². The molecule has 0 aromatic heterocycles. The summed E-state index contributed by atoms with van der Waals surface area (Å²) in [4.78, 5) is 172. The highest BCUT2D eigenvalue weighted by Gasteiger charge is 2.44. The lowest BCUT2D eigenvalue weighted by Gasteiger charge is -2.34. The summed E-state index contributed by atoms with van der Waals surface area (Å²) in [6, 6.07) is -6.47. The minimum Gasteiger partial charge on any atom is -0.481 e. The van der Waals surface area contributed by atoms with Crippen LogP contribution in [0.1, 0.15) is 188 Å². The molecule has 7 rings (SSSR count). The number of thioether (sulfide) groups is 2. The number of benzene rings is 1. The van der Waals surface area contributed by atoms with Crippen molar-refractivity contribution in [1.82, 2.24) is 74.4 Å². The number of aliphatic carboxylic acids is 1. The van der Waals surface area contributed by atoms with E-state index in [1.165, 1.54) is 30.4 Å². The Hall–Kier alpha value is -6.72. The van der Waals surface area contributed by atoms with E-state index >= 15 is 9.59 Å². The van der Waals surface area contributed by atoms with Gasteiger partial charge in [-0.15, -0.1) is 0 Å². The third-order valence-corrected chi connectivity index (χ3v) is 23.3. The number of hydrogen-bond acceptors (Lipinski definition) is 21. The Bertz CT molecular complexity index is 3130. The van der Waals surface area contributed by atoms with Crippen molar-refractivity contribution in [2.75, 3.05) is 37.8 Å². The van der Waals surface area contributed by atoms with Crippen LogP contribution in [0.15, 0.2) is 24.3 Å². The monoisotopic (exact) mass is 1530 g/mol. The van der Waals surface area contributed by atoms with Crippen molar-refractivity contribution in [1.29, 1.82) is 0 Å². The van der Waals surface area contributed by atoms with Gasteiger partial charge in [-0.05, 0) is 169 Å². The number of piperidine rings is 1. The van der Waals surface area contributed by atoms with Gasteiger partial charge in [0, 0.05) is 55.1 Å². The molecule has 2 aliphatic carbocycles. The van der Waals surface area contributed by atoms with Crippen LogP contribution < -0.4 is 80.2 Å². The molecule has 0 radical (unpaired) electrons. The van der Waals surface area contributed by atoms with Gasteiger partial charge in [0.25, 0.3) is 0 Å². The SMILES string of the molecule is CCC[C@@H]1NC(=O)[C@H](CC2CNC3NCCCC23)NC(=O)[C@H]([C@@H](C)O)NC(=O)[C@H](CC2CNCN2)NC(=O)[C@H](CC2CCC(O)CC2)NC(=O)[C@H](C(C)(C)C)NC(=O)CCSCc2cccc(c2)CSC[C@H](C(N)=O)NC(=O)[C@H](CCC)NC(=O)[C@H](CC2CCC(O)CC2)NC(=O)[C@H](CCC(=O)O)NC1=O. The van der Waals surface area contributed by atoms with Gasteiger partial charge >= 0.3 is 5.97 Å². The number of carbonyl (C=O) groups excluding carboxylic acids is 11. The second-order valence-corrected chi connectivity index (χ2v) is 33.0. The Morgan fingerprint density at radius 3 is 1.58 bits per heavy atom. The standard InChI is InChI=1S/C73H119N15O16S2/c1-7-11-50-64(96)81-52(24-25-59(93)94)66(98)82-53(30-41-16-20-47(90)21-17-41)67(99)79-51(12-8-2)65(97)86-57(62(74)95)38-106-37-44-14-9-13-43(29-44)36-105-28-26-58(92)87-61(73(4,5)6)72(104)85-54(31-42-18-22-48(91)23-19-42)68(100)83-56(33-46-35-75-39-78-46)70(102)88-60(40(3)89)71(103)84-55(69(101)80-50)32-45-34-77-63-49(45)15-10-27-76-63/h9,13-14,29,40-42,45-57,60-61,63,75-78,89-91H,7-8,10-12,15-28,30-39H2,1-6H3,(H2,74,95)(H,79,99)(H,80,101)(H,81,96)(H,82,98)(H,83,100)(H,84,103)(H,85,104)(H,86,97)(H,87,92)(H,88,102)(H,93,94)/t40-,41?,42?,45?,46?,47?,48?,49?,50+,51+,52+,53+,54+,55+,56+,57-,60+,61-,63?/m1/s1. The van der Waals surface area contributed by atoms with E-state index in [0.717, 1.165) is 30.5 Å². The van der Waals surface area contributed by atoms with Crippen molar-refractivity contribution in [3.63, 3.8) is 0 Å². The Morgan fingerprint density at radius 1 is 0.566 bits per heavy atom. The van der Waals surface area contributed by atoms with Gasteiger partial charge in [0.1, 0.15) is 60.4 Å². The van der Waals surface area contributed by atoms with Crippen LogP contribution >= 0.6 is 23.5 Å². The summed E-state index contributed by atoms with van der Waals surface area (Å²) >= 11 is 2.83. The summed E-state index contributed by atoms with van der Waals surface area (Å²) in [7, 11) is 0. The summed E-state index contributed by atoms with van der Waals surface area (Å²) in [5.41, 5.74) is 6.84. The summed E-state index contributed by atoms with van der Waals surface area (Å²) in [6.45, 7) is 12.1. The van der Waals surface area contributed by atoms with E-state index in [-0.39, 0.29) is 93.0 Å². The molecule has 4 aliphatic heterocycles. The second-order valence-electron chi connectivity index (χ2n) is 30.9. The van der Waals surface area contributed by atoms with E-state index in [1.807, 2.05) is 24.3 Å². The molecule has 0 spiro atoms. The molecule has 1 aromatic rings. The number of nitrogens with two attached hydrogens (primary N) is 1. The first kappa shape index (κ1) is 86.5. The molecule has 15 atom stereocenters. The number of nitrogens with one attached hydrogen (secondary N) is 14. The summed E-state index contributed by atoms with van der Waals surface area (Å²) in [5.74, 6) is -9.24. The molecule has 1 aromatic carbocycles. The van der Waals surface area contributed by atoms with Crippen molar-refractivity contribution < 1.29 is 78.0 Å². The number of carboxylic acids is 1. The predicted octanol–water partition coefficient (Wildman–Crippen LogP) is -0.492. The average Bonchev–Trinajstić information content (AvgIpc) is 1.37. The Kier molecular flexibility index (Phi) is 35.0. The van der Waals surface area contributed by atoms with Crippen LogP contribution in [0.2, 0.25) is 0 Å². The van der Waals surface area contributed by atoms with Crippen LogP contribution in [0.4, 0.5) is 0 Å². The molecule has 20 N–H and O–H groups in total. The minimum absolute atomic E-state index is 0.00125. The molecule has 4 unspecified atom stereocenters. The van der Waals surface area contributed by atoms with Crippen LogP contribution in [0.5, 0.6) is 0 Å². The van der Waals surface area contributed by atoms with Gasteiger partial charge in [-0.3, -0.25) is 57.5 Å². The van der Waals surface area contributed by atoms with E-state index in [2.05, 4.69) is 74.4 Å². The molecule has 5 fully saturated rings. The third kappa shape index (κ3) is 27.7. The van der Waals surface area contributed by atoms with E-state index in [4.69, 9.17) is 5.73 Å². The first-order valence-electron chi connectivity index (χ1n) is 38.2. The molecule has 6 aliphatic rings. The van der Waals surface area contributed by atoms with Gasteiger partial charge in [0.05, 0.1) is 24.5 Å². The molecule has 106 heavy (non-hydrogen) atoms. The molecule has 31 nitrogen and oxygen atoms in total. The van der Waals surface area contributed by atoms with Crippen LogP contribution in [0, 0.1) is 29.1 Å². The van der Waals surface area contributed by atoms with E-state index in [9.17, 15) is 68.4 Å². The maximum atomic E-state index is 15.1. The number of primary amides is 1. The molecule has 594 valence electrons. The number of hydrogen-bond donors (Lipinski definition) is 19. The number of rotatable bonds is 17. The highest BCUT2D eigenvalue weighted by molar-refractivity contribution is 7.98. The highest BCUT2D eigenvalue weighted by atomic mass is 32.2. The van der Waals surface area contributed by atoms with Gasteiger partial charge in [0.15, 0.2) is 0 Å². The largest absolute Gasteiger partial charge is 0.481 e. The molecule has 3 saturated heterocycles. The topological polar surface area (TPSA) is 480 Å². The van der Waals surface area contributed by atoms with Crippen molar-refractivity contribution >= 4 is 94.5 Å². The molecule has 2 saturated carbocycles. The highest BCUT2D eigenvalue weighted by Crippen LogP contribution is 2.33. The Balaban J connectivity index is 1.22. The zero-order chi connectivity index (χ0) is 77.2. The minimum atomic E-state index is -1.76. The van der Waals surface area contributed by atoms with Crippen molar-refractivity contribution in [3.8, 4) is 0 Å². The van der Waals surface area contributed by atoms with Gasteiger partial charge < -0.3 is 101 Å². The first-order chi connectivity index (χ1) is 50.5. The number of aliphatic hydroxyl groups is 3. The Morgan fingerprint density at radius 2 is 1.06 bits per heavy atom. The maximum absolute atomic E-state index is 15.1. The predicted molar refractivity (Wildman–Crippen MR) is 400 cm³/mol. The fraction of sp³-hybridized carbons (Fsp3) is 0.753. The van der Waals surface area contributed by atoms with Crippen molar-refractivity contribution in [3.05, 3.63) is 35.4 Å². The normalized spacial score (nSPS) is 32.5. The number of amides is 11. The number of fused-ring (bicyclic) bond motifs is 3. The number of aliphatic hydroxyl groups excluding tert-OH is 3. The molecule has 33 heteroatoms. The third-order valence-electron chi connectivity index (χ3n) is 21.1. The lowest BCUT2D eigenvalue weighted by atomic mass is 9.82. The number of carbonyl (C=O) groups is 12. The van der Waals surface area contributed by atoms with E-state index < -0.39 is 168 Å². The maximum Gasteiger partial charge on any atom is 0.303 e. The Labute approximate surface area is 630 Å². The summed E-state index contributed by atoms with van der Waals surface area (Å²) < 4.78 is 0. The van der Waals surface area contributed by atoms with Crippen molar-refractivity contribution in [2.45, 2.75) is 279 Å². The number of carboxylic acid groups (broad SMARTS) is 1. The zero-order valence-corrected chi connectivity index (χ0v) is 64.0. The molecule has 11 amide bonds. The van der Waals surface area contributed by atoms with Crippen LogP contribution in [0.25, 0.3) is 0 Å². The van der Waals surface area contributed by atoms with Crippen LogP contribution in [0.3, 0.4) is 0 Å². The van der Waals surface area contributed by atoms with E-state index in [1.54, 1.807) is 34.6 Å². The molecule has 2 bridgehead atoms.